The van der Waals surface area contributed by atoms with Crippen molar-refractivity contribution in [3.05, 3.63) is 48.4 Å². The fourth-order valence-corrected chi connectivity index (χ4v) is 1.17. The largest absolute Gasteiger partial charge is 0.264 e. The summed E-state index contributed by atoms with van der Waals surface area (Å²) in [6.07, 6.45) is 3.43. The third kappa shape index (κ3) is 1.59. The van der Waals surface area contributed by atoms with Gasteiger partial charge in [0.25, 0.3) is 0 Å². The van der Waals surface area contributed by atoms with Crippen LogP contribution in [0.2, 0.25) is 0 Å². The highest BCUT2D eigenvalue weighted by atomic mass is 14.7. The summed E-state index contributed by atoms with van der Waals surface area (Å²) < 4.78 is 0. The van der Waals surface area contributed by atoms with Crippen molar-refractivity contribution >= 4 is 0 Å². The standard InChI is InChI=1S/C11H7N3/c12-7-10-4-1-5-11(14-10)9-3-2-6-13-8-9/h1-6,8H. The third-order valence-electron chi connectivity index (χ3n) is 1.82. The van der Waals surface area contributed by atoms with Crippen LogP contribution in [0.3, 0.4) is 0 Å². The van der Waals surface area contributed by atoms with Gasteiger partial charge in [0.1, 0.15) is 11.8 Å². The zero-order valence-corrected chi connectivity index (χ0v) is 7.38. The summed E-state index contributed by atoms with van der Waals surface area (Å²) in [5.41, 5.74) is 2.12. The molecule has 0 aliphatic heterocycles. The molecule has 0 atom stereocenters. The number of pyridine rings is 2. The lowest BCUT2D eigenvalue weighted by Gasteiger charge is -1.98. The Morgan fingerprint density at radius 2 is 2.07 bits per heavy atom. The smallest absolute Gasteiger partial charge is 0.141 e. The van der Waals surface area contributed by atoms with E-state index in [0.717, 1.165) is 11.3 Å². The molecule has 0 N–H and O–H groups in total. The van der Waals surface area contributed by atoms with E-state index in [-0.39, 0.29) is 0 Å². The minimum atomic E-state index is 0.423. The number of nitrogens with zero attached hydrogens (tertiary/aromatic N) is 3. The van der Waals surface area contributed by atoms with Crippen molar-refractivity contribution in [2.24, 2.45) is 0 Å². The molecule has 3 nitrogen and oxygen atoms in total. The van der Waals surface area contributed by atoms with Crippen LogP contribution in [0, 0.1) is 11.3 Å². The molecule has 0 fully saturated rings. The Hall–Kier alpha value is -2.21. The normalized spacial score (nSPS) is 9.36. The van der Waals surface area contributed by atoms with E-state index in [2.05, 4.69) is 9.97 Å². The van der Waals surface area contributed by atoms with Crippen molar-refractivity contribution in [3.8, 4) is 17.3 Å². The minimum absolute atomic E-state index is 0.423. The molecular formula is C11H7N3. The Balaban J connectivity index is 2.49. The molecule has 0 saturated heterocycles. The second-order valence-electron chi connectivity index (χ2n) is 2.76. The quantitative estimate of drug-likeness (QED) is 0.676. The highest BCUT2D eigenvalue weighted by Gasteiger charge is 1.99. The van der Waals surface area contributed by atoms with Gasteiger partial charge in [-0.25, -0.2) is 4.98 Å². The van der Waals surface area contributed by atoms with Crippen molar-refractivity contribution in [1.82, 2.24) is 9.97 Å². The van der Waals surface area contributed by atoms with Crippen LogP contribution in [0.5, 0.6) is 0 Å². The van der Waals surface area contributed by atoms with Crippen molar-refractivity contribution in [3.63, 3.8) is 0 Å². The lowest BCUT2D eigenvalue weighted by Crippen LogP contribution is -1.87. The van der Waals surface area contributed by atoms with Gasteiger partial charge in [-0.05, 0) is 24.3 Å². The SMILES string of the molecule is N#Cc1cccc(-c2cccnc2)n1. The van der Waals surface area contributed by atoms with Gasteiger partial charge in [0.05, 0.1) is 5.69 Å². The number of aromatic nitrogens is 2. The fourth-order valence-electron chi connectivity index (χ4n) is 1.17. The Morgan fingerprint density at radius 3 is 2.79 bits per heavy atom. The zero-order valence-electron chi connectivity index (χ0n) is 7.38. The lowest BCUT2D eigenvalue weighted by molar-refractivity contribution is 1.24. The van der Waals surface area contributed by atoms with Crippen LogP contribution in [0.1, 0.15) is 5.69 Å². The van der Waals surface area contributed by atoms with Crippen molar-refractivity contribution in [2.75, 3.05) is 0 Å². The average Bonchev–Trinajstić information content (AvgIpc) is 2.30. The van der Waals surface area contributed by atoms with E-state index < -0.39 is 0 Å². The maximum atomic E-state index is 8.68. The van der Waals surface area contributed by atoms with Gasteiger partial charge in [0.15, 0.2) is 0 Å². The van der Waals surface area contributed by atoms with Crippen LogP contribution < -0.4 is 0 Å². The van der Waals surface area contributed by atoms with Crippen LogP contribution in [0.15, 0.2) is 42.7 Å². The van der Waals surface area contributed by atoms with E-state index >= 15 is 0 Å². The predicted octanol–water partition coefficient (Wildman–Crippen LogP) is 2.02. The van der Waals surface area contributed by atoms with E-state index in [4.69, 9.17) is 5.26 Å². The maximum Gasteiger partial charge on any atom is 0.141 e. The summed E-state index contributed by atoms with van der Waals surface area (Å²) in [6, 6.07) is 11.1. The average molecular weight is 181 g/mol. The first-order valence-electron chi connectivity index (χ1n) is 4.18. The molecule has 0 unspecified atom stereocenters. The fraction of sp³-hybridized carbons (Fsp3) is 0. The lowest BCUT2D eigenvalue weighted by atomic mass is 10.2. The summed E-state index contributed by atoms with van der Waals surface area (Å²) in [7, 11) is 0. The Labute approximate surface area is 81.7 Å². The number of hydrogen-bond donors (Lipinski definition) is 0. The molecule has 0 aromatic carbocycles. The first-order chi connectivity index (χ1) is 6.90. The Kier molecular flexibility index (Phi) is 2.20. The molecule has 0 bridgehead atoms. The van der Waals surface area contributed by atoms with Gasteiger partial charge in [-0.3, -0.25) is 4.98 Å². The van der Waals surface area contributed by atoms with Gasteiger partial charge < -0.3 is 0 Å². The molecule has 0 saturated carbocycles. The van der Waals surface area contributed by atoms with Crippen LogP contribution in [-0.2, 0) is 0 Å². The van der Waals surface area contributed by atoms with Gasteiger partial charge in [-0.15, -0.1) is 0 Å². The molecule has 0 aliphatic carbocycles. The monoisotopic (exact) mass is 181 g/mol. The molecule has 2 heterocycles. The van der Waals surface area contributed by atoms with E-state index in [1.807, 2.05) is 30.3 Å². The molecular weight excluding hydrogens is 174 g/mol. The Bertz CT molecular complexity index is 471. The highest BCUT2D eigenvalue weighted by Crippen LogP contribution is 2.14. The Morgan fingerprint density at radius 1 is 1.14 bits per heavy atom. The molecule has 3 heteroatoms. The maximum absolute atomic E-state index is 8.68. The van der Waals surface area contributed by atoms with Crippen LogP contribution in [0.25, 0.3) is 11.3 Å². The van der Waals surface area contributed by atoms with E-state index in [9.17, 15) is 0 Å². The molecule has 2 aromatic rings. The topological polar surface area (TPSA) is 49.6 Å². The van der Waals surface area contributed by atoms with Gasteiger partial charge in [0.2, 0.25) is 0 Å². The molecule has 2 rings (SSSR count). The predicted molar refractivity (Wildman–Crippen MR) is 52.2 cm³/mol. The van der Waals surface area contributed by atoms with Gasteiger partial charge >= 0.3 is 0 Å². The van der Waals surface area contributed by atoms with Crippen LogP contribution in [-0.4, -0.2) is 9.97 Å². The third-order valence-corrected chi connectivity index (χ3v) is 1.82. The zero-order chi connectivity index (χ0) is 9.80. The van der Waals surface area contributed by atoms with E-state index in [0.29, 0.717) is 5.69 Å². The van der Waals surface area contributed by atoms with Crippen LogP contribution in [0.4, 0.5) is 0 Å². The van der Waals surface area contributed by atoms with Crippen LogP contribution >= 0.6 is 0 Å². The summed E-state index contributed by atoms with van der Waals surface area (Å²) >= 11 is 0. The first-order valence-corrected chi connectivity index (χ1v) is 4.18. The van der Waals surface area contributed by atoms with Gasteiger partial charge in [-0.1, -0.05) is 6.07 Å². The summed E-state index contributed by atoms with van der Waals surface area (Å²) in [6.45, 7) is 0. The van der Waals surface area contributed by atoms with Crippen molar-refractivity contribution in [2.45, 2.75) is 0 Å². The van der Waals surface area contributed by atoms with E-state index in [1.54, 1.807) is 18.5 Å². The second kappa shape index (κ2) is 3.67. The molecule has 0 radical (unpaired) electrons. The number of rotatable bonds is 1. The number of hydrogen-bond acceptors (Lipinski definition) is 3. The highest BCUT2D eigenvalue weighted by molar-refractivity contribution is 5.58. The molecule has 0 amide bonds. The molecule has 0 aliphatic rings. The minimum Gasteiger partial charge on any atom is -0.264 e. The van der Waals surface area contributed by atoms with Gasteiger partial charge in [0, 0.05) is 18.0 Å². The molecule has 66 valence electrons. The van der Waals surface area contributed by atoms with E-state index in [1.165, 1.54) is 0 Å². The summed E-state index contributed by atoms with van der Waals surface area (Å²) in [5, 5.41) is 8.68. The second-order valence-corrected chi connectivity index (χ2v) is 2.76. The molecule has 2 aromatic heterocycles. The van der Waals surface area contributed by atoms with Crippen molar-refractivity contribution < 1.29 is 0 Å². The molecule has 14 heavy (non-hydrogen) atoms. The van der Waals surface area contributed by atoms with Crippen molar-refractivity contribution in [1.29, 1.82) is 5.26 Å². The summed E-state index contributed by atoms with van der Waals surface area (Å²) in [5.74, 6) is 0. The summed E-state index contributed by atoms with van der Waals surface area (Å²) in [4.78, 5) is 8.15. The van der Waals surface area contributed by atoms with Gasteiger partial charge in [-0.2, -0.15) is 5.26 Å². The first kappa shape index (κ1) is 8.39. The molecule has 0 spiro atoms. The number of nitriles is 1.